The van der Waals surface area contributed by atoms with E-state index in [9.17, 15) is 37.1 Å². The smallest absolute Gasteiger partial charge is 0.417 e. The Morgan fingerprint density at radius 1 is 1.18 bits per heavy atom. The SMILES string of the molecule is CC(C)[C@H](NC(=O)c1ccccc1C(F)(F)F)C(=O)N1CCC[C@H]1C(=O)N[C@H](C=O)CC(=O)O. The number of carboxylic acids is 1. The largest absolute Gasteiger partial charge is 0.481 e. The molecule has 0 aromatic heterocycles. The van der Waals surface area contributed by atoms with Gasteiger partial charge in [-0.2, -0.15) is 13.2 Å². The predicted molar refractivity (Wildman–Crippen MR) is 113 cm³/mol. The van der Waals surface area contributed by atoms with Crippen LogP contribution in [0.4, 0.5) is 13.2 Å². The molecule has 1 saturated heterocycles. The normalized spacial score (nSPS) is 17.7. The highest BCUT2D eigenvalue weighted by Crippen LogP contribution is 2.32. The molecular formula is C22H26F3N3O6. The number of alkyl halides is 3. The summed E-state index contributed by atoms with van der Waals surface area (Å²) in [6.07, 6.45) is -4.44. The molecule has 0 saturated carbocycles. The van der Waals surface area contributed by atoms with Gasteiger partial charge in [0.2, 0.25) is 11.8 Å². The highest BCUT2D eigenvalue weighted by atomic mass is 19.4. The number of likely N-dealkylation sites (tertiary alicyclic amines) is 1. The van der Waals surface area contributed by atoms with Crippen LogP contribution in [0.5, 0.6) is 0 Å². The van der Waals surface area contributed by atoms with Gasteiger partial charge in [-0.05, 0) is 30.9 Å². The molecule has 0 aliphatic carbocycles. The first kappa shape index (κ1) is 26.8. The van der Waals surface area contributed by atoms with Gasteiger partial charge >= 0.3 is 12.1 Å². The molecule has 0 bridgehead atoms. The zero-order valence-corrected chi connectivity index (χ0v) is 18.6. The van der Waals surface area contributed by atoms with E-state index >= 15 is 0 Å². The summed E-state index contributed by atoms with van der Waals surface area (Å²) < 4.78 is 39.9. The van der Waals surface area contributed by atoms with E-state index in [1.165, 1.54) is 11.0 Å². The van der Waals surface area contributed by atoms with Crippen LogP contribution in [0.2, 0.25) is 0 Å². The lowest BCUT2D eigenvalue weighted by atomic mass is 10.00. The maximum absolute atomic E-state index is 13.3. The molecule has 2 rings (SSSR count). The number of carbonyl (C=O) groups is 5. The van der Waals surface area contributed by atoms with Crippen molar-refractivity contribution in [1.82, 2.24) is 15.5 Å². The molecule has 1 fully saturated rings. The van der Waals surface area contributed by atoms with Crippen LogP contribution in [0.25, 0.3) is 0 Å². The molecule has 1 aliphatic heterocycles. The third-order valence-electron chi connectivity index (χ3n) is 5.42. The number of hydrogen-bond donors (Lipinski definition) is 3. The fraction of sp³-hybridized carbons (Fsp3) is 0.500. The van der Waals surface area contributed by atoms with Crippen molar-refractivity contribution in [3.63, 3.8) is 0 Å². The summed E-state index contributed by atoms with van der Waals surface area (Å²) in [5.74, 6) is -4.28. The molecule has 34 heavy (non-hydrogen) atoms. The van der Waals surface area contributed by atoms with Crippen molar-refractivity contribution in [2.45, 2.75) is 57.4 Å². The van der Waals surface area contributed by atoms with Crippen molar-refractivity contribution < 1.29 is 42.3 Å². The number of hydrogen-bond acceptors (Lipinski definition) is 5. The summed E-state index contributed by atoms with van der Waals surface area (Å²) in [7, 11) is 0. The second-order valence-corrected chi connectivity index (χ2v) is 8.28. The highest BCUT2D eigenvalue weighted by molar-refractivity contribution is 6.00. The van der Waals surface area contributed by atoms with Gasteiger partial charge in [0.25, 0.3) is 5.91 Å². The Balaban J connectivity index is 2.21. The molecule has 3 amide bonds. The van der Waals surface area contributed by atoms with E-state index in [4.69, 9.17) is 5.11 Å². The van der Waals surface area contributed by atoms with Crippen LogP contribution in [0.15, 0.2) is 24.3 Å². The lowest BCUT2D eigenvalue weighted by Gasteiger charge is -2.31. The Kier molecular flexibility index (Phi) is 8.77. The van der Waals surface area contributed by atoms with Gasteiger partial charge in [-0.25, -0.2) is 0 Å². The molecule has 1 aromatic rings. The maximum atomic E-state index is 13.3. The number of amides is 3. The van der Waals surface area contributed by atoms with Crippen LogP contribution >= 0.6 is 0 Å². The minimum atomic E-state index is -4.77. The topological polar surface area (TPSA) is 133 Å². The summed E-state index contributed by atoms with van der Waals surface area (Å²) in [5.41, 5.74) is -1.77. The summed E-state index contributed by atoms with van der Waals surface area (Å²) in [6.45, 7) is 3.34. The molecule has 0 spiro atoms. The van der Waals surface area contributed by atoms with E-state index in [-0.39, 0.29) is 19.3 Å². The predicted octanol–water partition coefficient (Wildman–Crippen LogP) is 1.61. The number of rotatable bonds is 9. The molecule has 3 atom stereocenters. The molecule has 1 aromatic carbocycles. The minimum Gasteiger partial charge on any atom is -0.481 e. The number of halogens is 3. The number of carbonyl (C=O) groups excluding carboxylic acids is 4. The molecule has 12 heteroatoms. The number of aldehydes is 1. The van der Waals surface area contributed by atoms with Gasteiger partial charge in [0.15, 0.2) is 0 Å². The molecule has 9 nitrogen and oxygen atoms in total. The molecule has 3 N–H and O–H groups in total. The van der Waals surface area contributed by atoms with Crippen molar-refractivity contribution in [2.75, 3.05) is 6.54 Å². The first-order valence-electron chi connectivity index (χ1n) is 10.6. The highest BCUT2D eigenvalue weighted by Gasteiger charge is 2.40. The first-order chi connectivity index (χ1) is 15.9. The quantitative estimate of drug-likeness (QED) is 0.455. The van der Waals surface area contributed by atoms with Gasteiger partial charge in [-0.15, -0.1) is 0 Å². The number of carboxylic acid groups (broad SMARTS) is 1. The van der Waals surface area contributed by atoms with Crippen LogP contribution in [-0.4, -0.2) is 64.7 Å². The average molecular weight is 485 g/mol. The van der Waals surface area contributed by atoms with Gasteiger partial charge in [-0.1, -0.05) is 26.0 Å². The standard InChI is InChI=1S/C22H26F3N3O6/c1-12(2)18(27-19(32)14-6-3-4-7-15(14)22(23,24)25)21(34)28-9-5-8-16(28)20(33)26-13(11-29)10-17(30)31/h3-4,6-7,11-13,16,18H,5,8-10H2,1-2H3,(H,26,33)(H,27,32)(H,30,31)/t13-,16-,18-/m0/s1. The molecule has 0 unspecified atom stereocenters. The molecule has 1 aliphatic rings. The van der Waals surface area contributed by atoms with Crippen molar-refractivity contribution in [3.05, 3.63) is 35.4 Å². The van der Waals surface area contributed by atoms with Gasteiger partial charge in [-0.3, -0.25) is 19.2 Å². The van der Waals surface area contributed by atoms with E-state index in [0.29, 0.717) is 6.42 Å². The van der Waals surface area contributed by atoms with E-state index in [0.717, 1.165) is 18.2 Å². The van der Waals surface area contributed by atoms with Crippen molar-refractivity contribution in [2.24, 2.45) is 5.92 Å². The Labute approximate surface area is 193 Å². The molecule has 1 heterocycles. The number of nitrogens with one attached hydrogen (secondary N) is 2. The molecule has 0 radical (unpaired) electrons. The summed E-state index contributed by atoms with van der Waals surface area (Å²) in [6, 6.07) is 0.693. The Morgan fingerprint density at radius 3 is 2.38 bits per heavy atom. The van der Waals surface area contributed by atoms with Crippen LogP contribution in [0.3, 0.4) is 0 Å². The lowest BCUT2D eigenvalue weighted by molar-refractivity contribution is -0.142. The van der Waals surface area contributed by atoms with Crippen molar-refractivity contribution in [1.29, 1.82) is 0 Å². The van der Waals surface area contributed by atoms with Crippen molar-refractivity contribution in [3.8, 4) is 0 Å². The maximum Gasteiger partial charge on any atom is 0.417 e. The van der Waals surface area contributed by atoms with Crippen LogP contribution in [0, 0.1) is 5.92 Å². The Hall–Kier alpha value is -3.44. The Bertz CT molecular complexity index is 950. The fourth-order valence-electron chi connectivity index (χ4n) is 3.74. The second-order valence-electron chi connectivity index (χ2n) is 8.28. The van der Waals surface area contributed by atoms with Gasteiger partial charge in [0.05, 0.1) is 23.6 Å². The summed E-state index contributed by atoms with van der Waals surface area (Å²) in [5, 5.41) is 13.5. The zero-order valence-electron chi connectivity index (χ0n) is 18.6. The Morgan fingerprint density at radius 2 is 1.82 bits per heavy atom. The second kappa shape index (κ2) is 11.1. The van der Waals surface area contributed by atoms with E-state index in [1.807, 2.05) is 0 Å². The minimum absolute atomic E-state index is 0.153. The average Bonchev–Trinajstić information content (AvgIpc) is 3.25. The van der Waals surface area contributed by atoms with E-state index < -0.39 is 71.5 Å². The molecule has 186 valence electrons. The number of nitrogens with zero attached hydrogens (tertiary/aromatic N) is 1. The van der Waals surface area contributed by atoms with Gasteiger partial charge in [0.1, 0.15) is 18.4 Å². The van der Waals surface area contributed by atoms with Crippen LogP contribution < -0.4 is 10.6 Å². The third kappa shape index (κ3) is 6.55. The number of aliphatic carboxylic acids is 1. The van der Waals surface area contributed by atoms with Crippen LogP contribution in [0.1, 0.15) is 49.0 Å². The monoisotopic (exact) mass is 485 g/mol. The van der Waals surface area contributed by atoms with E-state index in [2.05, 4.69) is 10.6 Å². The summed E-state index contributed by atoms with van der Waals surface area (Å²) in [4.78, 5) is 61.6. The summed E-state index contributed by atoms with van der Waals surface area (Å²) >= 11 is 0. The number of benzene rings is 1. The van der Waals surface area contributed by atoms with Crippen LogP contribution in [-0.2, 0) is 25.4 Å². The third-order valence-corrected chi connectivity index (χ3v) is 5.42. The van der Waals surface area contributed by atoms with Crippen molar-refractivity contribution >= 4 is 30.0 Å². The zero-order chi connectivity index (χ0) is 25.6. The first-order valence-corrected chi connectivity index (χ1v) is 10.6. The fourth-order valence-corrected chi connectivity index (χ4v) is 3.74. The van der Waals surface area contributed by atoms with E-state index in [1.54, 1.807) is 13.8 Å². The molecular weight excluding hydrogens is 459 g/mol. The van der Waals surface area contributed by atoms with Gasteiger partial charge < -0.3 is 25.4 Å². The lowest BCUT2D eigenvalue weighted by Crippen LogP contribution is -2.56. The van der Waals surface area contributed by atoms with Gasteiger partial charge in [0, 0.05) is 6.54 Å².